The number of nitrogens with zero attached hydrogens (tertiary/aromatic N) is 1. The number of benzene rings is 1. The van der Waals surface area contributed by atoms with Crippen molar-refractivity contribution in [1.29, 1.82) is 0 Å². The van der Waals surface area contributed by atoms with Crippen molar-refractivity contribution in [3.05, 3.63) is 35.4 Å². The van der Waals surface area contributed by atoms with Gasteiger partial charge in [-0.2, -0.15) is 0 Å². The van der Waals surface area contributed by atoms with E-state index in [1.165, 1.54) is 6.92 Å². The van der Waals surface area contributed by atoms with Crippen LogP contribution in [0, 0.1) is 12.3 Å². The highest BCUT2D eigenvalue weighted by atomic mass is 16.7. The standard InChI is InChI=1S/C19H30N6O6/c1-12-3-5-13(6-4-12)9-29-18(28)30-11-19(2,10-26)15(27)31-14(7-24-16(20)21)8-25-17(22)23/h3-6,14,26H,7-11H2,1-2H3,(H4,20,21,24)(H4,22,23,25)/p+1. The summed E-state index contributed by atoms with van der Waals surface area (Å²) in [5, 5.41) is 9.69. The molecule has 0 aliphatic carbocycles. The molecule has 12 heteroatoms. The number of nitrogens with one attached hydrogen (secondary N) is 1. The maximum Gasteiger partial charge on any atom is 0.508 e. The van der Waals surface area contributed by atoms with Crippen LogP contribution in [0.4, 0.5) is 4.79 Å². The molecule has 1 rings (SSSR count). The van der Waals surface area contributed by atoms with Gasteiger partial charge >= 0.3 is 18.1 Å². The highest BCUT2D eigenvalue weighted by Gasteiger charge is 2.38. The summed E-state index contributed by atoms with van der Waals surface area (Å²) in [6.07, 6.45) is -1.84. The van der Waals surface area contributed by atoms with E-state index in [-0.39, 0.29) is 31.6 Å². The molecular formula is C19H31N6O6+. The average Bonchev–Trinajstić information content (AvgIpc) is 2.73. The Morgan fingerprint density at radius 1 is 1.16 bits per heavy atom. The molecule has 0 heterocycles. The minimum atomic E-state index is -1.54. The first-order valence-corrected chi connectivity index (χ1v) is 9.40. The molecule has 172 valence electrons. The van der Waals surface area contributed by atoms with Gasteiger partial charge < -0.3 is 30.8 Å². The molecule has 0 radical (unpaired) electrons. The van der Waals surface area contributed by atoms with Gasteiger partial charge in [0.25, 0.3) is 0 Å². The Labute approximate surface area is 180 Å². The van der Waals surface area contributed by atoms with Gasteiger partial charge in [-0.15, -0.1) is 0 Å². The number of rotatable bonds is 11. The molecular weight excluding hydrogens is 408 g/mol. The van der Waals surface area contributed by atoms with E-state index in [2.05, 4.69) is 9.98 Å². The van der Waals surface area contributed by atoms with Gasteiger partial charge in [-0.1, -0.05) is 29.8 Å². The smallest absolute Gasteiger partial charge is 0.456 e. The molecule has 31 heavy (non-hydrogen) atoms. The number of carbonyl (C=O) groups excluding carboxylic acids is 2. The number of carbonyl (C=O) groups is 2. The van der Waals surface area contributed by atoms with Gasteiger partial charge in [0.1, 0.15) is 25.2 Å². The zero-order valence-electron chi connectivity index (χ0n) is 17.7. The predicted octanol–water partition coefficient (Wildman–Crippen LogP) is -2.81. The van der Waals surface area contributed by atoms with E-state index in [0.717, 1.165) is 11.1 Å². The fraction of sp³-hybridized carbons (Fsp3) is 0.474. The lowest BCUT2D eigenvalue weighted by atomic mass is 9.93. The lowest BCUT2D eigenvalue weighted by molar-refractivity contribution is -0.470. The number of hydrogen-bond donors (Lipinski definition) is 6. The SMILES string of the molecule is Cc1ccc(COC(=O)OCC(C)(CO)C(=O)OC(CN=C(N)N)C[NH+]=C(N)N)cc1. The summed E-state index contributed by atoms with van der Waals surface area (Å²) in [6.45, 7) is 2.14. The molecule has 1 aromatic rings. The minimum Gasteiger partial charge on any atom is -0.456 e. The topological polar surface area (TPSA) is 212 Å². The highest BCUT2D eigenvalue weighted by Crippen LogP contribution is 2.20. The van der Waals surface area contributed by atoms with E-state index in [4.69, 9.17) is 37.1 Å². The van der Waals surface area contributed by atoms with Gasteiger partial charge in [-0.25, -0.2) is 9.79 Å². The molecule has 0 fully saturated rings. The number of aryl methyl sites for hydroxylation is 1. The highest BCUT2D eigenvalue weighted by molar-refractivity contribution is 5.78. The summed E-state index contributed by atoms with van der Waals surface area (Å²) < 4.78 is 15.4. The average molecular weight is 439 g/mol. The lowest BCUT2D eigenvalue weighted by Crippen LogP contribution is -2.80. The number of hydrogen-bond acceptors (Lipinski definition) is 7. The molecule has 0 saturated heterocycles. The van der Waals surface area contributed by atoms with Crippen LogP contribution in [0.15, 0.2) is 29.3 Å². The van der Waals surface area contributed by atoms with E-state index in [9.17, 15) is 14.7 Å². The van der Waals surface area contributed by atoms with Gasteiger partial charge in [0.15, 0.2) is 12.1 Å². The number of ether oxygens (including phenoxy) is 3. The number of esters is 1. The van der Waals surface area contributed by atoms with Crippen molar-refractivity contribution in [1.82, 2.24) is 0 Å². The fourth-order valence-electron chi connectivity index (χ4n) is 2.13. The number of aliphatic hydroxyl groups is 1. The summed E-state index contributed by atoms with van der Waals surface area (Å²) in [4.78, 5) is 30.9. The molecule has 0 saturated carbocycles. The molecule has 0 spiro atoms. The Bertz CT molecular complexity index is 770. The Morgan fingerprint density at radius 2 is 1.81 bits per heavy atom. The molecule has 0 bridgehead atoms. The molecule has 1 aromatic carbocycles. The Kier molecular flexibility index (Phi) is 10.1. The van der Waals surface area contributed by atoms with Crippen molar-refractivity contribution in [3.63, 3.8) is 0 Å². The van der Waals surface area contributed by atoms with Crippen LogP contribution >= 0.6 is 0 Å². The van der Waals surface area contributed by atoms with E-state index >= 15 is 0 Å². The van der Waals surface area contributed by atoms with Crippen LogP contribution in [-0.4, -0.2) is 61.6 Å². The Balaban J connectivity index is 2.66. The van der Waals surface area contributed by atoms with E-state index in [1.54, 1.807) is 0 Å². The molecule has 2 unspecified atom stereocenters. The second-order valence-electron chi connectivity index (χ2n) is 7.16. The minimum absolute atomic E-state index is 0.00265. The van der Waals surface area contributed by atoms with Gasteiger partial charge in [-0.05, 0) is 19.4 Å². The zero-order valence-corrected chi connectivity index (χ0v) is 17.7. The quantitative estimate of drug-likeness (QED) is 0.118. The second kappa shape index (κ2) is 12.2. The normalized spacial score (nSPS) is 13.3. The van der Waals surface area contributed by atoms with Crippen LogP contribution in [0.25, 0.3) is 0 Å². The maximum absolute atomic E-state index is 12.6. The lowest BCUT2D eigenvalue weighted by Gasteiger charge is -2.26. The van der Waals surface area contributed by atoms with E-state index in [1.807, 2.05) is 31.2 Å². The number of aliphatic imine (C=N–C) groups is 1. The fourth-order valence-corrected chi connectivity index (χ4v) is 2.13. The van der Waals surface area contributed by atoms with Crippen molar-refractivity contribution in [2.45, 2.75) is 26.6 Å². The number of aliphatic hydroxyl groups excluding tert-OH is 1. The van der Waals surface area contributed by atoms with Crippen molar-refractivity contribution in [2.24, 2.45) is 33.3 Å². The first-order valence-electron chi connectivity index (χ1n) is 9.40. The molecule has 10 N–H and O–H groups in total. The van der Waals surface area contributed by atoms with Crippen LogP contribution in [0.2, 0.25) is 0 Å². The van der Waals surface area contributed by atoms with Crippen molar-refractivity contribution in [2.75, 3.05) is 26.3 Å². The van der Waals surface area contributed by atoms with Crippen LogP contribution in [-0.2, 0) is 25.6 Å². The molecule has 0 amide bonds. The Morgan fingerprint density at radius 3 is 2.35 bits per heavy atom. The van der Waals surface area contributed by atoms with Gasteiger partial charge in [-0.3, -0.25) is 21.3 Å². The van der Waals surface area contributed by atoms with Crippen molar-refractivity contribution < 1.29 is 33.9 Å². The molecule has 0 aliphatic rings. The zero-order chi connectivity index (χ0) is 23.4. The van der Waals surface area contributed by atoms with Crippen molar-refractivity contribution >= 4 is 24.0 Å². The van der Waals surface area contributed by atoms with Crippen LogP contribution in [0.1, 0.15) is 18.1 Å². The van der Waals surface area contributed by atoms with Crippen LogP contribution in [0.3, 0.4) is 0 Å². The monoisotopic (exact) mass is 439 g/mol. The summed E-state index contributed by atoms with van der Waals surface area (Å²) in [5.74, 6) is -1.12. The number of nitrogens with two attached hydrogens (primary N) is 4. The van der Waals surface area contributed by atoms with Crippen molar-refractivity contribution in [3.8, 4) is 0 Å². The summed E-state index contributed by atoms with van der Waals surface area (Å²) in [7, 11) is 0. The summed E-state index contributed by atoms with van der Waals surface area (Å²) in [6, 6.07) is 7.39. The number of guanidine groups is 2. The molecule has 12 nitrogen and oxygen atoms in total. The molecule has 2 atom stereocenters. The first kappa shape index (κ1) is 25.5. The molecule has 0 aromatic heterocycles. The summed E-state index contributed by atoms with van der Waals surface area (Å²) in [5.41, 5.74) is 21.6. The van der Waals surface area contributed by atoms with Crippen LogP contribution < -0.4 is 27.9 Å². The third-order valence-electron chi connectivity index (χ3n) is 4.11. The third-order valence-corrected chi connectivity index (χ3v) is 4.11. The van der Waals surface area contributed by atoms with Gasteiger partial charge in [0.2, 0.25) is 0 Å². The maximum atomic E-state index is 12.6. The largest absolute Gasteiger partial charge is 0.508 e. The van der Waals surface area contributed by atoms with E-state index in [0.29, 0.717) is 0 Å². The second-order valence-corrected chi connectivity index (χ2v) is 7.16. The molecule has 0 aliphatic heterocycles. The first-order chi connectivity index (χ1) is 14.6. The van der Waals surface area contributed by atoms with Gasteiger partial charge in [0.05, 0.1) is 13.2 Å². The summed E-state index contributed by atoms with van der Waals surface area (Å²) >= 11 is 0. The Hall–Kier alpha value is -3.54. The van der Waals surface area contributed by atoms with E-state index < -0.39 is 36.9 Å². The van der Waals surface area contributed by atoms with Gasteiger partial charge in [0, 0.05) is 0 Å². The third kappa shape index (κ3) is 9.67. The predicted molar refractivity (Wildman–Crippen MR) is 112 cm³/mol. The van der Waals surface area contributed by atoms with Crippen LogP contribution in [0.5, 0.6) is 0 Å².